The number of fused-ring (bicyclic) bond motifs is 1. The Kier molecular flexibility index (Phi) is 3.81. The van der Waals surface area contributed by atoms with Crippen LogP contribution in [0.25, 0.3) is 0 Å². The highest BCUT2D eigenvalue weighted by Crippen LogP contribution is 2.34. The van der Waals surface area contributed by atoms with E-state index < -0.39 is 0 Å². The van der Waals surface area contributed by atoms with Gasteiger partial charge in [0.15, 0.2) is 0 Å². The third-order valence-electron chi connectivity index (χ3n) is 3.53. The van der Waals surface area contributed by atoms with Gasteiger partial charge < -0.3 is 5.32 Å². The Balaban J connectivity index is 2.01. The highest BCUT2D eigenvalue weighted by atomic mass is 79.9. The predicted octanol–water partition coefficient (Wildman–Crippen LogP) is 4.06. The molecule has 2 aromatic carbocycles. The maximum atomic E-state index is 11.9. The first kappa shape index (κ1) is 13.7. The molecule has 4 heteroatoms. The summed E-state index contributed by atoms with van der Waals surface area (Å²) in [5, 5.41) is 2.59. The van der Waals surface area contributed by atoms with Crippen LogP contribution >= 0.6 is 27.5 Å². The van der Waals surface area contributed by atoms with Gasteiger partial charge in [-0.15, -0.1) is 11.6 Å². The fourth-order valence-corrected chi connectivity index (χ4v) is 3.42. The van der Waals surface area contributed by atoms with Crippen molar-refractivity contribution in [3.63, 3.8) is 0 Å². The second-order valence-corrected chi connectivity index (χ2v) is 6.10. The largest absolute Gasteiger partial charge is 0.352 e. The smallest absolute Gasteiger partial charge is 0.251 e. The molecule has 102 valence electrons. The maximum Gasteiger partial charge on any atom is 0.251 e. The normalized spacial score (nSPS) is 15.4. The van der Waals surface area contributed by atoms with Gasteiger partial charge in [0.05, 0.1) is 5.38 Å². The monoisotopic (exact) mass is 349 g/mol. The van der Waals surface area contributed by atoms with Crippen molar-refractivity contribution in [2.45, 2.75) is 11.8 Å². The van der Waals surface area contributed by atoms with Gasteiger partial charge >= 0.3 is 0 Å². The minimum Gasteiger partial charge on any atom is -0.352 e. The molecule has 2 nitrogen and oxygen atoms in total. The van der Waals surface area contributed by atoms with Crippen molar-refractivity contribution in [3.05, 3.63) is 69.2 Å². The Morgan fingerprint density at radius 1 is 1.20 bits per heavy atom. The molecule has 0 saturated carbocycles. The molecule has 1 aliphatic heterocycles. The molecule has 0 aromatic heterocycles. The van der Waals surface area contributed by atoms with Gasteiger partial charge in [0, 0.05) is 16.6 Å². The standard InChI is InChI=1S/C16H13BrClNO/c17-14-4-2-1-3-12(14)15(18)11-6-5-10-7-8-19-16(20)13(10)9-11/h1-6,9,15H,7-8H2,(H,19,20). The lowest BCUT2D eigenvalue weighted by Gasteiger charge is -2.19. The SMILES string of the molecule is O=C1NCCc2ccc(C(Cl)c3ccccc3Br)cc21. The van der Waals surface area contributed by atoms with Crippen LogP contribution in [-0.4, -0.2) is 12.5 Å². The number of rotatable bonds is 2. The van der Waals surface area contributed by atoms with Crippen LogP contribution in [0.5, 0.6) is 0 Å². The van der Waals surface area contributed by atoms with E-state index in [2.05, 4.69) is 21.2 Å². The zero-order valence-electron chi connectivity index (χ0n) is 10.7. The molecule has 2 aromatic rings. The van der Waals surface area contributed by atoms with Gasteiger partial charge in [-0.2, -0.15) is 0 Å². The highest BCUT2D eigenvalue weighted by Gasteiger charge is 2.20. The van der Waals surface area contributed by atoms with Crippen LogP contribution in [0.15, 0.2) is 46.9 Å². The molecule has 1 N–H and O–H groups in total. The lowest BCUT2D eigenvalue weighted by Crippen LogP contribution is -2.31. The Labute approximate surface area is 131 Å². The molecule has 20 heavy (non-hydrogen) atoms. The molecular weight excluding hydrogens is 338 g/mol. The van der Waals surface area contributed by atoms with Crippen LogP contribution in [0.2, 0.25) is 0 Å². The second kappa shape index (κ2) is 5.58. The number of carbonyl (C=O) groups is 1. The summed E-state index contributed by atoms with van der Waals surface area (Å²) in [5.41, 5.74) is 3.78. The first-order chi connectivity index (χ1) is 9.66. The Bertz CT molecular complexity index is 671. The molecule has 1 amide bonds. The van der Waals surface area contributed by atoms with Crippen molar-refractivity contribution in [1.29, 1.82) is 0 Å². The van der Waals surface area contributed by atoms with Gasteiger partial charge in [-0.25, -0.2) is 0 Å². The highest BCUT2D eigenvalue weighted by molar-refractivity contribution is 9.10. The van der Waals surface area contributed by atoms with Crippen LogP contribution in [0.3, 0.4) is 0 Å². The van der Waals surface area contributed by atoms with Crippen LogP contribution in [-0.2, 0) is 6.42 Å². The van der Waals surface area contributed by atoms with Gasteiger partial charge in [-0.1, -0.05) is 46.3 Å². The summed E-state index contributed by atoms with van der Waals surface area (Å²) in [5.74, 6) is -0.0101. The van der Waals surface area contributed by atoms with Crippen LogP contribution in [0, 0.1) is 0 Å². The molecule has 0 aliphatic carbocycles. The van der Waals surface area contributed by atoms with Gasteiger partial charge in [0.1, 0.15) is 0 Å². The molecule has 1 aliphatic rings. The van der Waals surface area contributed by atoms with Crippen molar-refractivity contribution in [2.75, 3.05) is 6.54 Å². The van der Waals surface area contributed by atoms with Crippen molar-refractivity contribution in [2.24, 2.45) is 0 Å². The molecule has 0 saturated heterocycles. The van der Waals surface area contributed by atoms with Gasteiger partial charge in [-0.3, -0.25) is 4.79 Å². The van der Waals surface area contributed by atoms with Crippen molar-refractivity contribution in [1.82, 2.24) is 5.32 Å². The van der Waals surface area contributed by atoms with Gasteiger partial charge in [0.25, 0.3) is 5.91 Å². The summed E-state index contributed by atoms with van der Waals surface area (Å²) in [7, 11) is 0. The minimum absolute atomic E-state index is 0.0101. The van der Waals surface area contributed by atoms with Gasteiger partial charge in [0.2, 0.25) is 0 Å². The van der Waals surface area contributed by atoms with Crippen LogP contribution < -0.4 is 5.32 Å². The Morgan fingerprint density at radius 3 is 2.80 bits per heavy atom. The van der Waals surface area contributed by atoms with E-state index in [4.69, 9.17) is 11.6 Å². The third-order valence-corrected chi connectivity index (χ3v) is 4.74. The number of carbonyl (C=O) groups excluding carboxylic acids is 1. The Hall–Kier alpha value is -1.32. The average molecular weight is 351 g/mol. The van der Waals surface area contributed by atoms with Gasteiger partial charge in [-0.05, 0) is 35.2 Å². The van der Waals surface area contributed by atoms with Crippen molar-refractivity contribution in [3.8, 4) is 0 Å². The fraction of sp³-hybridized carbons (Fsp3) is 0.188. The summed E-state index contributed by atoms with van der Waals surface area (Å²) in [6, 6.07) is 13.8. The zero-order chi connectivity index (χ0) is 14.1. The topological polar surface area (TPSA) is 29.1 Å². The van der Waals surface area contributed by atoms with Crippen LogP contribution in [0.1, 0.15) is 32.4 Å². The van der Waals surface area contributed by atoms with E-state index in [9.17, 15) is 4.79 Å². The summed E-state index contributed by atoms with van der Waals surface area (Å²) < 4.78 is 0.974. The first-order valence-electron chi connectivity index (χ1n) is 6.46. The maximum absolute atomic E-state index is 11.9. The number of hydrogen-bond donors (Lipinski definition) is 1. The lowest BCUT2D eigenvalue weighted by molar-refractivity contribution is 0.0946. The summed E-state index contributed by atoms with van der Waals surface area (Å²) >= 11 is 10.1. The second-order valence-electron chi connectivity index (χ2n) is 4.81. The quantitative estimate of drug-likeness (QED) is 0.813. The molecule has 0 radical (unpaired) electrons. The summed E-state index contributed by atoms with van der Waals surface area (Å²) in [6.07, 6.45) is 0.878. The lowest BCUT2D eigenvalue weighted by atomic mass is 9.95. The minimum atomic E-state index is -0.273. The van der Waals surface area contributed by atoms with Crippen molar-refractivity contribution < 1.29 is 4.79 Å². The number of nitrogens with one attached hydrogen (secondary N) is 1. The molecule has 1 atom stereocenters. The van der Waals surface area contributed by atoms with E-state index >= 15 is 0 Å². The number of hydrogen-bond acceptors (Lipinski definition) is 1. The van der Waals surface area contributed by atoms with E-state index in [-0.39, 0.29) is 11.3 Å². The van der Waals surface area contributed by atoms with E-state index in [1.807, 2.05) is 42.5 Å². The third kappa shape index (κ3) is 2.48. The van der Waals surface area contributed by atoms with E-state index in [1.54, 1.807) is 0 Å². The number of amides is 1. The molecule has 1 heterocycles. The molecule has 1 unspecified atom stereocenters. The van der Waals surface area contributed by atoms with E-state index in [0.717, 1.165) is 33.1 Å². The van der Waals surface area contributed by atoms with E-state index in [0.29, 0.717) is 6.54 Å². The predicted molar refractivity (Wildman–Crippen MR) is 84.3 cm³/mol. The first-order valence-corrected chi connectivity index (χ1v) is 7.69. The number of benzene rings is 2. The molecule has 0 spiro atoms. The number of alkyl halides is 1. The van der Waals surface area contributed by atoms with Crippen LogP contribution in [0.4, 0.5) is 0 Å². The summed E-state index contributed by atoms with van der Waals surface area (Å²) in [6.45, 7) is 0.708. The average Bonchev–Trinajstić information content (AvgIpc) is 2.47. The van der Waals surface area contributed by atoms with Crippen molar-refractivity contribution >= 4 is 33.4 Å². The molecule has 0 fully saturated rings. The molecule has 3 rings (SSSR count). The van der Waals surface area contributed by atoms with E-state index in [1.165, 1.54) is 0 Å². The zero-order valence-corrected chi connectivity index (χ0v) is 13.0. The fourth-order valence-electron chi connectivity index (χ4n) is 2.45. The summed E-state index contributed by atoms with van der Waals surface area (Å²) in [4.78, 5) is 11.9. The Morgan fingerprint density at radius 2 is 2.00 bits per heavy atom. The molecular formula is C16H13BrClNO. The number of halogens is 2. The molecule has 0 bridgehead atoms.